The van der Waals surface area contributed by atoms with Crippen LogP contribution in [0.2, 0.25) is 0 Å². The first-order valence-electron chi connectivity index (χ1n) is 6.82. The van der Waals surface area contributed by atoms with Gasteiger partial charge in [-0.05, 0) is 19.4 Å². The molecule has 21 heavy (non-hydrogen) atoms. The van der Waals surface area contributed by atoms with E-state index in [0.717, 1.165) is 22.6 Å². The molecule has 0 bridgehead atoms. The number of aliphatic hydroxyl groups excluding tert-OH is 1. The van der Waals surface area contributed by atoms with Crippen molar-refractivity contribution in [1.29, 1.82) is 0 Å². The highest BCUT2D eigenvalue weighted by Crippen LogP contribution is 2.22. The molecule has 0 aliphatic carbocycles. The van der Waals surface area contributed by atoms with Crippen molar-refractivity contribution in [3.05, 3.63) is 71.1 Å². The van der Waals surface area contributed by atoms with Gasteiger partial charge in [-0.2, -0.15) is 0 Å². The van der Waals surface area contributed by atoms with Crippen LogP contribution in [0, 0.1) is 13.8 Å². The van der Waals surface area contributed by atoms with E-state index in [9.17, 15) is 5.11 Å². The highest BCUT2D eigenvalue weighted by atomic mass is 16.5. The fourth-order valence-electron chi connectivity index (χ4n) is 2.38. The minimum atomic E-state index is -0.748. The van der Waals surface area contributed by atoms with Gasteiger partial charge in [0.2, 0.25) is 0 Å². The Bertz CT molecular complexity index is 712. The van der Waals surface area contributed by atoms with Crippen LogP contribution in [0.4, 0.5) is 0 Å². The van der Waals surface area contributed by atoms with Crippen molar-refractivity contribution in [3.63, 3.8) is 0 Å². The molecule has 0 saturated heterocycles. The molecule has 3 aromatic rings. The number of hydrogen-bond acceptors (Lipinski definition) is 4. The zero-order valence-corrected chi connectivity index (χ0v) is 12.0. The maximum absolute atomic E-state index is 10.5. The molecule has 3 rings (SSSR count). The number of nitrogens with zero attached hydrogens (tertiary/aromatic N) is 3. The second kappa shape index (κ2) is 5.54. The number of hydrogen-bond donors (Lipinski definition) is 1. The number of aryl methyl sites for hydroxylation is 2. The molecule has 108 valence electrons. The highest BCUT2D eigenvalue weighted by molar-refractivity contribution is 5.25. The summed E-state index contributed by atoms with van der Waals surface area (Å²) in [7, 11) is 0. The van der Waals surface area contributed by atoms with Crippen LogP contribution < -0.4 is 0 Å². The van der Waals surface area contributed by atoms with Crippen LogP contribution in [0.5, 0.6) is 0 Å². The van der Waals surface area contributed by atoms with Gasteiger partial charge in [0.1, 0.15) is 17.7 Å². The molecular formula is C16H17N3O2. The monoisotopic (exact) mass is 283 g/mol. The molecule has 5 heteroatoms. The molecule has 2 aromatic heterocycles. The molecule has 0 radical (unpaired) electrons. The Morgan fingerprint density at radius 2 is 2.00 bits per heavy atom. The maximum Gasteiger partial charge on any atom is 0.142 e. The van der Waals surface area contributed by atoms with Crippen LogP contribution >= 0.6 is 0 Å². The zero-order valence-electron chi connectivity index (χ0n) is 12.0. The van der Waals surface area contributed by atoms with E-state index in [0.29, 0.717) is 12.4 Å². The SMILES string of the molecule is Cc1noc(C)c1Cn1ccnc1[C@H](O)c1ccccc1. The first-order chi connectivity index (χ1) is 10.2. The summed E-state index contributed by atoms with van der Waals surface area (Å²) in [4.78, 5) is 4.29. The van der Waals surface area contributed by atoms with Crippen LogP contribution in [0.3, 0.4) is 0 Å². The van der Waals surface area contributed by atoms with E-state index in [1.807, 2.05) is 54.9 Å². The van der Waals surface area contributed by atoms with E-state index >= 15 is 0 Å². The maximum atomic E-state index is 10.5. The lowest BCUT2D eigenvalue weighted by Crippen LogP contribution is -2.11. The normalized spacial score (nSPS) is 12.5. The second-order valence-corrected chi connectivity index (χ2v) is 5.03. The Hall–Kier alpha value is -2.40. The van der Waals surface area contributed by atoms with Crippen LogP contribution in [-0.2, 0) is 6.54 Å². The minimum absolute atomic E-state index is 0.584. The van der Waals surface area contributed by atoms with Crippen LogP contribution in [0.25, 0.3) is 0 Å². The molecule has 0 fully saturated rings. The number of aliphatic hydroxyl groups is 1. The summed E-state index contributed by atoms with van der Waals surface area (Å²) in [6.45, 7) is 4.38. The first kappa shape index (κ1) is 13.6. The first-order valence-corrected chi connectivity index (χ1v) is 6.82. The van der Waals surface area contributed by atoms with E-state index in [1.165, 1.54) is 0 Å². The van der Waals surface area contributed by atoms with Gasteiger partial charge in [-0.3, -0.25) is 0 Å². The van der Waals surface area contributed by atoms with Crippen molar-refractivity contribution < 1.29 is 9.63 Å². The van der Waals surface area contributed by atoms with E-state index < -0.39 is 6.10 Å². The summed E-state index contributed by atoms with van der Waals surface area (Å²) in [5.74, 6) is 1.41. The van der Waals surface area contributed by atoms with Crippen molar-refractivity contribution >= 4 is 0 Å². The Balaban J connectivity index is 1.91. The summed E-state index contributed by atoms with van der Waals surface area (Å²) in [5.41, 5.74) is 2.71. The number of imidazole rings is 1. The number of benzene rings is 1. The third-order valence-electron chi connectivity index (χ3n) is 3.62. The molecule has 0 aliphatic heterocycles. The summed E-state index contributed by atoms with van der Waals surface area (Å²) < 4.78 is 7.10. The molecular weight excluding hydrogens is 266 g/mol. The fraction of sp³-hybridized carbons (Fsp3) is 0.250. The van der Waals surface area contributed by atoms with Crippen molar-refractivity contribution in [2.45, 2.75) is 26.5 Å². The molecule has 0 spiro atoms. The van der Waals surface area contributed by atoms with Gasteiger partial charge in [-0.25, -0.2) is 4.98 Å². The minimum Gasteiger partial charge on any atom is -0.380 e. The quantitative estimate of drug-likeness (QED) is 0.799. The molecule has 0 amide bonds. The molecule has 1 N–H and O–H groups in total. The molecule has 0 unspecified atom stereocenters. The summed E-state index contributed by atoms with van der Waals surface area (Å²) in [6.07, 6.45) is 2.80. The van der Waals surface area contributed by atoms with Crippen LogP contribution in [0.1, 0.15) is 34.5 Å². The van der Waals surface area contributed by atoms with Gasteiger partial charge < -0.3 is 14.2 Å². The lowest BCUT2D eigenvalue weighted by Gasteiger charge is -2.13. The van der Waals surface area contributed by atoms with Crippen molar-refractivity contribution in [2.24, 2.45) is 0 Å². The topological polar surface area (TPSA) is 64.1 Å². The number of aromatic nitrogens is 3. The van der Waals surface area contributed by atoms with Gasteiger partial charge in [-0.15, -0.1) is 0 Å². The van der Waals surface area contributed by atoms with E-state index in [-0.39, 0.29) is 0 Å². The highest BCUT2D eigenvalue weighted by Gasteiger charge is 2.18. The van der Waals surface area contributed by atoms with Gasteiger partial charge in [0.25, 0.3) is 0 Å². The van der Waals surface area contributed by atoms with E-state index in [2.05, 4.69) is 10.1 Å². The van der Waals surface area contributed by atoms with Crippen LogP contribution in [0.15, 0.2) is 47.2 Å². The average Bonchev–Trinajstić information content (AvgIpc) is 3.09. The van der Waals surface area contributed by atoms with Crippen molar-refractivity contribution in [2.75, 3.05) is 0 Å². The predicted octanol–water partition coefficient (Wildman–Crippen LogP) is 2.62. The zero-order chi connectivity index (χ0) is 14.8. The largest absolute Gasteiger partial charge is 0.380 e. The third-order valence-corrected chi connectivity index (χ3v) is 3.62. The predicted molar refractivity (Wildman–Crippen MR) is 77.8 cm³/mol. The Morgan fingerprint density at radius 3 is 2.67 bits per heavy atom. The molecule has 1 atom stereocenters. The molecule has 0 saturated carbocycles. The van der Waals surface area contributed by atoms with Crippen LogP contribution in [-0.4, -0.2) is 19.8 Å². The second-order valence-electron chi connectivity index (χ2n) is 5.03. The summed E-state index contributed by atoms with van der Waals surface area (Å²) in [5, 5.41) is 14.5. The van der Waals surface area contributed by atoms with Gasteiger partial charge in [0.15, 0.2) is 0 Å². The lowest BCUT2D eigenvalue weighted by molar-refractivity contribution is 0.205. The standard InChI is InChI=1S/C16H17N3O2/c1-11-14(12(2)21-18-11)10-19-9-8-17-16(19)15(20)13-6-4-3-5-7-13/h3-9,15,20H,10H2,1-2H3/t15-/m1/s1. The molecule has 2 heterocycles. The van der Waals surface area contributed by atoms with Gasteiger partial charge in [0.05, 0.1) is 12.2 Å². The van der Waals surface area contributed by atoms with Gasteiger partial charge in [0, 0.05) is 18.0 Å². The smallest absolute Gasteiger partial charge is 0.142 e. The van der Waals surface area contributed by atoms with Gasteiger partial charge >= 0.3 is 0 Å². The Morgan fingerprint density at radius 1 is 1.24 bits per heavy atom. The molecule has 0 aliphatic rings. The summed E-state index contributed by atoms with van der Waals surface area (Å²) >= 11 is 0. The average molecular weight is 283 g/mol. The van der Waals surface area contributed by atoms with E-state index in [4.69, 9.17) is 4.52 Å². The van der Waals surface area contributed by atoms with Gasteiger partial charge in [-0.1, -0.05) is 35.5 Å². The Kier molecular flexibility index (Phi) is 3.58. The fourth-order valence-corrected chi connectivity index (χ4v) is 2.38. The molecule has 5 nitrogen and oxygen atoms in total. The van der Waals surface area contributed by atoms with Crippen molar-refractivity contribution in [1.82, 2.24) is 14.7 Å². The Labute approximate surface area is 122 Å². The number of rotatable bonds is 4. The summed E-state index contributed by atoms with van der Waals surface area (Å²) in [6, 6.07) is 9.51. The molecule has 1 aromatic carbocycles. The lowest BCUT2D eigenvalue weighted by atomic mass is 10.1. The van der Waals surface area contributed by atoms with Crippen molar-refractivity contribution in [3.8, 4) is 0 Å². The van der Waals surface area contributed by atoms with E-state index in [1.54, 1.807) is 6.20 Å². The third kappa shape index (κ3) is 2.60.